The van der Waals surface area contributed by atoms with E-state index < -0.39 is 6.09 Å². The molecule has 0 saturated carbocycles. The molecule has 1 heterocycles. The van der Waals surface area contributed by atoms with Crippen LogP contribution >= 0.6 is 11.8 Å². The Kier molecular flexibility index (Phi) is 3.02. The van der Waals surface area contributed by atoms with Gasteiger partial charge in [-0.05, 0) is 0 Å². The van der Waals surface area contributed by atoms with Gasteiger partial charge in [-0.2, -0.15) is 11.8 Å². The van der Waals surface area contributed by atoms with E-state index in [-0.39, 0.29) is 11.9 Å². The van der Waals surface area contributed by atoms with E-state index in [0.29, 0.717) is 13.1 Å². The van der Waals surface area contributed by atoms with Crippen LogP contribution in [0.4, 0.5) is 4.79 Å². The van der Waals surface area contributed by atoms with E-state index >= 15 is 0 Å². The molecule has 1 rings (SSSR count). The molecule has 1 unspecified atom stereocenters. The first kappa shape index (κ1) is 8.67. The lowest BCUT2D eigenvalue weighted by atomic mass is 10.4. The van der Waals surface area contributed by atoms with E-state index in [2.05, 4.69) is 0 Å². The maximum absolute atomic E-state index is 10.5. The van der Waals surface area contributed by atoms with Crippen molar-refractivity contribution in [2.45, 2.75) is 5.25 Å². The topological polar surface area (TPSA) is 60.8 Å². The Bertz CT molecular complexity index is 153. The van der Waals surface area contributed by atoms with Crippen LogP contribution in [0.3, 0.4) is 0 Å². The fraction of sp³-hybridized carbons (Fsp3) is 0.833. The second-order valence-electron chi connectivity index (χ2n) is 2.40. The summed E-state index contributed by atoms with van der Waals surface area (Å²) in [4.78, 5) is 11.8. The standard InChI is InChI=1S/C6H11NO3S/c8-4-5-3-7(6(9)10)1-2-11-5/h5,8H,1-4H2,(H,9,10). The highest BCUT2D eigenvalue weighted by Crippen LogP contribution is 2.17. The third-order valence-electron chi connectivity index (χ3n) is 1.61. The maximum atomic E-state index is 10.5. The third kappa shape index (κ3) is 2.27. The van der Waals surface area contributed by atoms with Crippen molar-refractivity contribution in [1.29, 1.82) is 0 Å². The highest BCUT2D eigenvalue weighted by molar-refractivity contribution is 8.00. The van der Waals surface area contributed by atoms with Crippen LogP contribution in [0.5, 0.6) is 0 Å². The number of amides is 1. The summed E-state index contributed by atoms with van der Waals surface area (Å²) in [6.07, 6.45) is -0.885. The number of aliphatic hydroxyl groups is 1. The van der Waals surface area contributed by atoms with Crippen LogP contribution in [0.15, 0.2) is 0 Å². The van der Waals surface area contributed by atoms with E-state index in [1.165, 1.54) is 4.90 Å². The second-order valence-corrected chi connectivity index (χ2v) is 3.81. The summed E-state index contributed by atoms with van der Waals surface area (Å²) in [6, 6.07) is 0. The van der Waals surface area contributed by atoms with Crippen molar-refractivity contribution in [2.24, 2.45) is 0 Å². The van der Waals surface area contributed by atoms with Gasteiger partial charge in [0.25, 0.3) is 0 Å². The van der Waals surface area contributed by atoms with E-state index in [0.717, 1.165) is 5.75 Å². The molecule has 0 radical (unpaired) electrons. The molecule has 1 amide bonds. The van der Waals surface area contributed by atoms with Gasteiger partial charge >= 0.3 is 6.09 Å². The molecule has 4 nitrogen and oxygen atoms in total. The molecule has 1 fully saturated rings. The Morgan fingerprint density at radius 2 is 2.45 bits per heavy atom. The molecule has 1 saturated heterocycles. The fourth-order valence-electron chi connectivity index (χ4n) is 1.00. The molecular weight excluding hydrogens is 166 g/mol. The lowest BCUT2D eigenvalue weighted by molar-refractivity contribution is 0.142. The number of aliphatic hydroxyl groups excluding tert-OH is 1. The van der Waals surface area contributed by atoms with Crippen molar-refractivity contribution in [1.82, 2.24) is 4.90 Å². The number of nitrogens with zero attached hydrogens (tertiary/aromatic N) is 1. The van der Waals surface area contributed by atoms with Crippen molar-refractivity contribution in [3.05, 3.63) is 0 Å². The monoisotopic (exact) mass is 177 g/mol. The first-order chi connectivity index (χ1) is 5.24. The number of hydrogen-bond acceptors (Lipinski definition) is 3. The van der Waals surface area contributed by atoms with E-state index in [4.69, 9.17) is 10.2 Å². The van der Waals surface area contributed by atoms with Gasteiger partial charge < -0.3 is 15.1 Å². The summed E-state index contributed by atoms with van der Waals surface area (Å²) in [5, 5.41) is 17.4. The van der Waals surface area contributed by atoms with Crippen LogP contribution < -0.4 is 0 Å². The Morgan fingerprint density at radius 1 is 1.73 bits per heavy atom. The van der Waals surface area contributed by atoms with Gasteiger partial charge in [0.05, 0.1) is 6.61 Å². The quantitative estimate of drug-likeness (QED) is 0.595. The minimum absolute atomic E-state index is 0.0639. The number of hydrogen-bond donors (Lipinski definition) is 2. The average Bonchev–Trinajstić information content (AvgIpc) is 2.05. The smallest absolute Gasteiger partial charge is 0.407 e. The summed E-state index contributed by atoms with van der Waals surface area (Å²) in [5.41, 5.74) is 0. The Hall–Kier alpha value is -0.420. The molecule has 0 aromatic rings. The van der Waals surface area contributed by atoms with Crippen molar-refractivity contribution < 1.29 is 15.0 Å². The fourth-order valence-corrected chi connectivity index (χ4v) is 2.05. The lowest BCUT2D eigenvalue weighted by Crippen LogP contribution is -2.42. The summed E-state index contributed by atoms with van der Waals surface area (Å²) < 4.78 is 0. The van der Waals surface area contributed by atoms with Gasteiger partial charge in [-0.15, -0.1) is 0 Å². The molecule has 0 spiro atoms. The number of thioether (sulfide) groups is 1. The van der Waals surface area contributed by atoms with Gasteiger partial charge in [-0.3, -0.25) is 0 Å². The number of carboxylic acid groups (broad SMARTS) is 1. The molecule has 11 heavy (non-hydrogen) atoms. The number of rotatable bonds is 1. The third-order valence-corrected chi connectivity index (χ3v) is 2.80. The van der Waals surface area contributed by atoms with Crippen LogP contribution in [0.25, 0.3) is 0 Å². The molecule has 64 valence electrons. The first-order valence-electron chi connectivity index (χ1n) is 3.44. The molecule has 0 aromatic carbocycles. The molecule has 1 aliphatic heterocycles. The zero-order valence-electron chi connectivity index (χ0n) is 6.06. The summed E-state index contributed by atoms with van der Waals surface area (Å²) in [7, 11) is 0. The Morgan fingerprint density at radius 3 is 3.00 bits per heavy atom. The molecule has 0 aromatic heterocycles. The van der Waals surface area contributed by atoms with Gasteiger partial charge in [0.1, 0.15) is 0 Å². The van der Waals surface area contributed by atoms with Crippen molar-refractivity contribution >= 4 is 17.9 Å². The molecule has 1 atom stereocenters. The van der Waals surface area contributed by atoms with E-state index in [1.807, 2.05) is 0 Å². The van der Waals surface area contributed by atoms with Crippen molar-refractivity contribution in [3.63, 3.8) is 0 Å². The largest absolute Gasteiger partial charge is 0.465 e. The summed E-state index contributed by atoms with van der Waals surface area (Å²) in [6.45, 7) is 1.10. The van der Waals surface area contributed by atoms with Gasteiger partial charge in [0.15, 0.2) is 0 Å². The lowest BCUT2D eigenvalue weighted by Gasteiger charge is -2.28. The van der Waals surface area contributed by atoms with Crippen molar-refractivity contribution in [3.8, 4) is 0 Å². The summed E-state index contributed by atoms with van der Waals surface area (Å²) >= 11 is 1.63. The Labute approximate surface area is 69.2 Å². The van der Waals surface area contributed by atoms with Crippen molar-refractivity contribution in [2.75, 3.05) is 25.4 Å². The average molecular weight is 177 g/mol. The van der Waals surface area contributed by atoms with Crippen LogP contribution in [-0.4, -0.2) is 51.9 Å². The SMILES string of the molecule is O=C(O)N1CCSC(CO)C1. The van der Waals surface area contributed by atoms with Gasteiger partial charge in [0.2, 0.25) is 0 Å². The van der Waals surface area contributed by atoms with Crippen LogP contribution in [-0.2, 0) is 0 Å². The summed E-state index contributed by atoms with van der Waals surface area (Å²) in [5.74, 6) is 0.789. The highest BCUT2D eigenvalue weighted by atomic mass is 32.2. The Balaban J connectivity index is 2.39. The molecule has 1 aliphatic rings. The molecule has 0 aliphatic carbocycles. The minimum Gasteiger partial charge on any atom is -0.465 e. The molecule has 0 bridgehead atoms. The van der Waals surface area contributed by atoms with Gasteiger partial charge in [-0.1, -0.05) is 0 Å². The van der Waals surface area contributed by atoms with Crippen LogP contribution in [0, 0.1) is 0 Å². The normalized spacial score (nSPS) is 25.2. The highest BCUT2D eigenvalue weighted by Gasteiger charge is 2.22. The molecule has 2 N–H and O–H groups in total. The van der Waals surface area contributed by atoms with Gasteiger partial charge in [0, 0.05) is 24.1 Å². The van der Waals surface area contributed by atoms with Crippen LogP contribution in [0.2, 0.25) is 0 Å². The van der Waals surface area contributed by atoms with Crippen LogP contribution in [0.1, 0.15) is 0 Å². The molecule has 5 heteroatoms. The zero-order valence-corrected chi connectivity index (χ0v) is 6.88. The molecular formula is C6H11NO3S. The minimum atomic E-state index is -0.885. The first-order valence-corrected chi connectivity index (χ1v) is 4.49. The number of carbonyl (C=O) groups is 1. The van der Waals surface area contributed by atoms with Gasteiger partial charge in [-0.25, -0.2) is 4.79 Å². The predicted molar refractivity (Wildman–Crippen MR) is 42.9 cm³/mol. The second kappa shape index (κ2) is 3.82. The van der Waals surface area contributed by atoms with E-state index in [1.54, 1.807) is 11.8 Å². The maximum Gasteiger partial charge on any atom is 0.407 e. The van der Waals surface area contributed by atoms with E-state index in [9.17, 15) is 4.79 Å². The predicted octanol–water partition coefficient (Wildman–Crippen LogP) is 0.0741. The zero-order chi connectivity index (χ0) is 8.27.